The number of likely N-dealkylation sites (N-methyl/N-ethyl adjacent to an activating group) is 1. The second kappa shape index (κ2) is 7.09. The number of nitrogens with zero attached hydrogens (tertiary/aromatic N) is 2. The van der Waals surface area contributed by atoms with Crippen molar-refractivity contribution in [2.45, 2.75) is 6.04 Å². The maximum atomic E-state index is 11.8. The molecule has 1 heterocycles. The third-order valence-corrected chi connectivity index (χ3v) is 4.23. The van der Waals surface area contributed by atoms with Crippen LogP contribution in [-0.4, -0.2) is 54.1 Å². The van der Waals surface area contributed by atoms with Gasteiger partial charge in [0, 0.05) is 26.2 Å². The van der Waals surface area contributed by atoms with E-state index in [1.54, 1.807) is 0 Å². The highest BCUT2D eigenvalue weighted by atomic mass is 35.5. The van der Waals surface area contributed by atoms with Gasteiger partial charge in [-0.2, -0.15) is 0 Å². The van der Waals surface area contributed by atoms with Crippen LogP contribution in [0.4, 0.5) is 0 Å². The lowest BCUT2D eigenvalue weighted by Gasteiger charge is -2.36. The first-order valence-electron chi connectivity index (χ1n) is 7.29. The number of benzene rings is 2. The van der Waals surface area contributed by atoms with Crippen LogP contribution >= 0.6 is 12.4 Å². The van der Waals surface area contributed by atoms with E-state index in [0.717, 1.165) is 42.5 Å². The molecule has 4 nitrogen and oxygen atoms in total. The molecule has 118 valence electrons. The number of carboxylic acid groups (broad SMARTS) is 1. The molecule has 0 aromatic heterocycles. The van der Waals surface area contributed by atoms with Crippen molar-refractivity contribution >= 4 is 29.1 Å². The Bertz CT molecular complexity index is 654. The topological polar surface area (TPSA) is 43.8 Å². The van der Waals surface area contributed by atoms with Crippen molar-refractivity contribution < 1.29 is 9.90 Å². The van der Waals surface area contributed by atoms with E-state index in [9.17, 15) is 9.90 Å². The number of hydrogen-bond acceptors (Lipinski definition) is 3. The Morgan fingerprint density at radius 3 is 2.32 bits per heavy atom. The van der Waals surface area contributed by atoms with E-state index in [-0.39, 0.29) is 12.4 Å². The summed E-state index contributed by atoms with van der Waals surface area (Å²) in [6.45, 7) is 3.41. The first-order valence-corrected chi connectivity index (χ1v) is 7.29. The van der Waals surface area contributed by atoms with E-state index < -0.39 is 12.0 Å². The molecule has 1 N–H and O–H groups in total. The molecule has 0 amide bonds. The zero-order valence-corrected chi connectivity index (χ0v) is 13.4. The fourth-order valence-corrected chi connectivity index (χ4v) is 2.97. The molecule has 0 saturated carbocycles. The maximum absolute atomic E-state index is 11.8. The lowest BCUT2D eigenvalue weighted by atomic mass is 10.00. The SMILES string of the molecule is CN1CCN(C(C(=O)O)c2ccc3ccccc3c2)CC1.Cl. The van der Waals surface area contributed by atoms with Crippen LogP contribution in [0, 0.1) is 0 Å². The number of aliphatic carboxylic acids is 1. The Morgan fingerprint density at radius 2 is 1.68 bits per heavy atom. The summed E-state index contributed by atoms with van der Waals surface area (Å²) in [5, 5.41) is 11.9. The van der Waals surface area contributed by atoms with Crippen molar-refractivity contribution in [1.29, 1.82) is 0 Å². The normalized spacial score (nSPS) is 17.9. The Hall–Kier alpha value is -1.62. The lowest BCUT2D eigenvalue weighted by Crippen LogP contribution is -2.47. The minimum atomic E-state index is -0.769. The molecule has 0 aliphatic carbocycles. The van der Waals surface area contributed by atoms with Crippen LogP contribution in [0.5, 0.6) is 0 Å². The molecule has 2 aromatic carbocycles. The number of hydrogen-bond donors (Lipinski definition) is 1. The highest BCUT2D eigenvalue weighted by Crippen LogP contribution is 2.26. The first-order chi connectivity index (χ1) is 10.1. The smallest absolute Gasteiger partial charge is 0.325 e. The van der Waals surface area contributed by atoms with Gasteiger partial charge in [0.15, 0.2) is 0 Å². The summed E-state index contributed by atoms with van der Waals surface area (Å²) in [4.78, 5) is 16.1. The second-order valence-corrected chi connectivity index (χ2v) is 5.69. The average molecular weight is 321 g/mol. The van der Waals surface area contributed by atoms with Gasteiger partial charge >= 0.3 is 5.97 Å². The minimum Gasteiger partial charge on any atom is -0.480 e. The zero-order valence-electron chi connectivity index (χ0n) is 12.6. The Kier molecular flexibility index (Phi) is 5.40. The number of carboxylic acids is 1. The summed E-state index contributed by atoms with van der Waals surface area (Å²) in [6, 6.07) is 13.5. The Labute approximate surface area is 136 Å². The van der Waals surface area contributed by atoms with Gasteiger partial charge in [-0.1, -0.05) is 36.4 Å². The van der Waals surface area contributed by atoms with Gasteiger partial charge in [-0.05, 0) is 29.4 Å². The molecular weight excluding hydrogens is 300 g/mol. The Morgan fingerprint density at radius 1 is 1.05 bits per heavy atom. The van der Waals surface area contributed by atoms with Gasteiger partial charge in [0.05, 0.1) is 0 Å². The third-order valence-electron chi connectivity index (χ3n) is 4.23. The van der Waals surface area contributed by atoms with Crippen LogP contribution in [0.15, 0.2) is 42.5 Å². The zero-order chi connectivity index (χ0) is 14.8. The quantitative estimate of drug-likeness (QED) is 0.944. The second-order valence-electron chi connectivity index (χ2n) is 5.69. The van der Waals surface area contributed by atoms with Crippen LogP contribution in [0.3, 0.4) is 0 Å². The summed E-state index contributed by atoms with van der Waals surface area (Å²) in [5.74, 6) is -0.769. The predicted molar refractivity (Wildman–Crippen MR) is 90.6 cm³/mol. The standard InChI is InChI=1S/C17H20N2O2.ClH/c1-18-8-10-19(11-9-18)16(17(20)21)15-7-6-13-4-2-3-5-14(13)12-15;/h2-7,12,16H,8-11H2,1H3,(H,20,21);1H. The number of rotatable bonds is 3. The molecule has 1 saturated heterocycles. The molecule has 22 heavy (non-hydrogen) atoms. The minimum absolute atomic E-state index is 0. The fraction of sp³-hybridized carbons (Fsp3) is 0.353. The van der Waals surface area contributed by atoms with Gasteiger partial charge in [-0.15, -0.1) is 12.4 Å². The number of piperazine rings is 1. The van der Waals surface area contributed by atoms with Gasteiger partial charge in [0.25, 0.3) is 0 Å². The van der Waals surface area contributed by atoms with Crippen molar-refractivity contribution in [3.8, 4) is 0 Å². The highest BCUT2D eigenvalue weighted by Gasteiger charge is 2.29. The fourth-order valence-electron chi connectivity index (χ4n) is 2.97. The first kappa shape index (κ1) is 16.7. The summed E-state index contributed by atoms with van der Waals surface area (Å²) in [5.41, 5.74) is 0.866. The molecule has 0 bridgehead atoms. The van der Waals surface area contributed by atoms with Crippen molar-refractivity contribution in [3.63, 3.8) is 0 Å². The average Bonchev–Trinajstić information content (AvgIpc) is 2.49. The molecular formula is C17H21ClN2O2. The van der Waals surface area contributed by atoms with Crippen molar-refractivity contribution in [3.05, 3.63) is 48.0 Å². The number of carbonyl (C=O) groups is 1. The third kappa shape index (κ3) is 3.40. The highest BCUT2D eigenvalue weighted by molar-refractivity contribution is 5.85. The van der Waals surface area contributed by atoms with Gasteiger partial charge in [0.2, 0.25) is 0 Å². The van der Waals surface area contributed by atoms with Crippen molar-refractivity contribution in [2.24, 2.45) is 0 Å². The molecule has 1 aliphatic rings. The summed E-state index contributed by atoms with van der Waals surface area (Å²) in [6.07, 6.45) is 0. The van der Waals surface area contributed by atoms with Crippen LogP contribution in [0.2, 0.25) is 0 Å². The van der Waals surface area contributed by atoms with Gasteiger partial charge in [-0.25, -0.2) is 0 Å². The largest absolute Gasteiger partial charge is 0.480 e. The van der Waals surface area contributed by atoms with Crippen LogP contribution in [0.25, 0.3) is 10.8 Å². The molecule has 1 fully saturated rings. The van der Waals surface area contributed by atoms with E-state index in [2.05, 4.69) is 16.8 Å². The molecule has 0 radical (unpaired) electrons. The van der Waals surface area contributed by atoms with E-state index >= 15 is 0 Å². The van der Waals surface area contributed by atoms with Gasteiger partial charge in [0.1, 0.15) is 6.04 Å². The van der Waals surface area contributed by atoms with E-state index in [0.29, 0.717) is 0 Å². The monoisotopic (exact) mass is 320 g/mol. The molecule has 3 rings (SSSR count). The number of halogens is 1. The maximum Gasteiger partial charge on any atom is 0.325 e. The van der Waals surface area contributed by atoms with Crippen LogP contribution in [0.1, 0.15) is 11.6 Å². The molecule has 1 atom stereocenters. The van der Waals surface area contributed by atoms with Crippen molar-refractivity contribution in [2.75, 3.05) is 33.2 Å². The van der Waals surface area contributed by atoms with Gasteiger partial charge in [-0.3, -0.25) is 9.69 Å². The van der Waals surface area contributed by atoms with E-state index in [1.165, 1.54) is 0 Å². The Balaban J connectivity index is 0.00000176. The summed E-state index contributed by atoms with van der Waals surface area (Å²) < 4.78 is 0. The molecule has 1 aliphatic heterocycles. The molecule has 0 spiro atoms. The van der Waals surface area contributed by atoms with E-state index in [4.69, 9.17) is 0 Å². The van der Waals surface area contributed by atoms with Crippen molar-refractivity contribution in [1.82, 2.24) is 9.80 Å². The molecule has 1 unspecified atom stereocenters. The summed E-state index contributed by atoms with van der Waals surface area (Å²) in [7, 11) is 2.07. The predicted octanol–water partition coefficient (Wildman–Crippen LogP) is 2.63. The van der Waals surface area contributed by atoms with Gasteiger partial charge < -0.3 is 10.0 Å². The molecule has 2 aromatic rings. The van der Waals surface area contributed by atoms with Crippen LogP contribution in [-0.2, 0) is 4.79 Å². The summed E-state index contributed by atoms with van der Waals surface area (Å²) >= 11 is 0. The van der Waals surface area contributed by atoms with E-state index in [1.807, 2.05) is 42.5 Å². The molecule has 5 heteroatoms. The lowest BCUT2D eigenvalue weighted by molar-refractivity contribution is -0.144. The number of fused-ring (bicyclic) bond motifs is 1. The van der Waals surface area contributed by atoms with Crippen LogP contribution < -0.4 is 0 Å².